The van der Waals surface area contributed by atoms with Gasteiger partial charge in [0, 0.05) is 36.2 Å². The van der Waals surface area contributed by atoms with Gasteiger partial charge in [-0.25, -0.2) is 4.98 Å². The highest BCUT2D eigenvalue weighted by molar-refractivity contribution is 7.14. The first kappa shape index (κ1) is 17.9. The predicted octanol–water partition coefficient (Wildman–Crippen LogP) is 3.37. The van der Waals surface area contributed by atoms with Crippen LogP contribution in [0.5, 0.6) is 0 Å². The fraction of sp³-hybridized carbons (Fsp3) is 0.375. The molecule has 0 bridgehead atoms. The number of nitrogens with one attached hydrogen (secondary N) is 1. The smallest absolute Gasteiger partial charge is 0.240 e. The van der Waals surface area contributed by atoms with Gasteiger partial charge >= 0.3 is 0 Å². The summed E-state index contributed by atoms with van der Waals surface area (Å²) >= 11 is 7.39. The summed E-state index contributed by atoms with van der Waals surface area (Å²) in [5, 5.41) is 6.00. The summed E-state index contributed by atoms with van der Waals surface area (Å²) in [6.07, 6.45) is 0.899. The SMILES string of the molecule is COCCCN(C)CC(=O)Nc1nc(-c2cccc(Cl)c2)cs1. The Morgan fingerprint density at radius 1 is 1.48 bits per heavy atom. The number of methoxy groups -OCH3 is 1. The number of carbonyl (C=O) groups excluding carboxylic acids is 1. The van der Waals surface area contributed by atoms with Crippen molar-refractivity contribution in [3.63, 3.8) is 0 Å². The molecule has 0 atom stereocenters. The molecular weight excluding hydrogens is 334 g/mol. The summed E-state index contributed by atoms with van der Waals surface area (Å²) in [6.45, 7) is 1.84. The Bertz CT molecular complexity index is 648. The summed E-state index contributed by atoms with van der Waals surface area (Å²) in [6, 6.07) is 7.49. The Morgan fingerprint density at radius 2 is 2.30 bits per heavy atom. The number of anilines is 1. The zero-order valence-electron chi connectivity index (χ0n) is 13.2. The van der Waals surface area contributed by atoms with Gasteiger partial charge in [-0.2, -0.15) is 0 Å². The van der Waals surface area contributed by atoms with Crippen molar-refractivity contribution < 1.29 is 9.53 Å². The number of likely N-dealkylation sites (N-methyl/N-ethyl adjacent to an activating group) is 1. The first-order valence-corrected chi connectivity index (χ1v) is 8.53. The van der Waals surface area contributed by atoms with Gasteiger partial charge in [0.25, 0.3) is 0 Å². The molecule has 5 nitrogen and oxygen atoms in total. The molecule has 1 N–H and O–H groups in total. The number of halogens is 1. The van der Waals surface area contributed by atoms with Crippen LogP contribution in [0.1, 0.15) is 6.42 Å². The molecule has 0 saturated heterocycles. The molecule has 23 heavy (non-hydrogen) atoms. The number of thiazole rings is 1. The van der Waals surface area contributed by atoms with Crippen molar-refractivity contribution in [1.29, 1.82) is 0 Å². The van der Waals surface area contributed by atoms with Crippen molar-refractivity contribution in [3.8, 4) is 11.3 Å². The molecule has 0 unspecified atom stereocenters. The molecule has 1 aromatic carbocycles. The molecule has 1 aromatic heterocycles. The Hall–Kier alpha value is -1.47. The van der Waals surface area contributed by atoms with Crippen LogP contribution in [0.15, 0.2) is 29.6 Å². The van der Waals surface area contributed by atoms with E-state index in [4.69, 9.17) is 16.3 Å². The van der Waals surface area contributed by atoms with E-state index in [-0.39, 0.29) is 5.91 Å². The summed E-state index contributed by atoms with van der Waals surface area (Å²) in [5.74, 6) is -0.0723. The number of aromatic nitrogens is 1. The quantitative estimate of drug-likeness (QED) is 0.739. The first-order chi connectivity index (χ1) is 11.1. The average Bonchev–Trinajstić information content (AvgIpc) is 2.95. The first-order valence-electron chi connectivity index (χ1n) is 7.27. The maximum Gasteiger partial charge on any atom is 0.240 e. The van der Waals surface area contributed by atoms with E-state index >= 15 is 0 Å². The minimum absolute atomic E-state index is 0.0723. The van der Waals surface area contributed by atoms with E-state index in [9.17, 15) is 4.79 Å². The largest absolute Gasteiger partial charge is 0.385 e. The number of benzene rings is 1. The minimum Gasteiger partial charge on any atom is -0.385 e. The molecule has 2 rings (SSSR count). The number of hydrogen-bond donors (Lipinski definition) is 1. The second kappa shape index (κ2) is 8.98. The zero-order valence-corrected chi connectivity index (χ0v) is 14.8. The van der Waals surface area contributed by atoms with Crippen molar-refractivity contribution in [1.82, 2.24) is 9.88 Å². The molecule has 0 aliphatic rings. The molecule has 0 spiro atoms. The molecule has 2 aromatic rings. The van der Waals surface area contributed by atoms with Gasteiger partial charge in [0.2, 0.25) is 5.91 Å². The van der Waals surface area contributed by atoms with E-state index < -0.39 is 0 Å². The van der Waals surface area contributed by atoms with Crippen LogP contribution < -0.4 is 5.32 Å². The van der Waals surface area contributed by atoms with Crippen molar-refractivity contribution >= 4 is 34.0 Å². The number of carbonyl (C=O) groups is 1. The van der Waals surface area contributed by atoms with Gasteiger partial charge in [-0.05, 0) is 25.6 Å². The highest BCUT2D eigenvalue weighted by atomic mass is 35.5. The predicted molar refractivity (Wildman–Crippen MR) is 95.2 cm³/mol. The van der Waals surface area contributed by atoms with E-state index in [0.717, 1.165) is 24.2 Å². The molecule has 0 aliphatic heterocycles. The summed E-state index contributed by atoms with van der Waals surface area (Å²) in [7, 11) is 3.58. The van der Waals surface area contributed by atoms with Gasteiger partial charge in [0.1, 0.15) is 0 Å². The van der Waals surface area contributed by atoms with E-state index in [2.05, 4.69) is 10.3 Å². The van der Waals surface area contributed by atoms with Crippen LogP contribution in [-0.4, -0.2) is 49.6 Å². The third-order valence-corrected chi connectivity index (χ3v) is 4.17. The van der Waals surface area contributed by atoms with Gasteiger partial charge in [-0.15, -0.1) is 11.3 Å². The number of ether oxygens (including phenoxy) is 1. The van der Waals surface area contributed by atoms with Crippen molar-refractivity contribution in [2.24, 2.45) is 0 Å². The average molecular weight is 354 g/mol. The zero-order chi connectivity index (χ0) is 16.7. The van der Waals surface area contributed by atoms with Gasteiger partial charge in [0.15, 0.2) is 5.13 Å². The van der Waals surface area contributed by atoms with Crippen LogP contribution in [0.2, 0.25) is 5.02 Å². The topological polar surface area (TPSA) is 54.5 Å². The number of amides is 1. The van der Waals surface area contributed by atoms with Crippen LogP contribution in [0.4, 0.5) is 5.13 Å². The maximum atomic E-state index is 12.0. The Labute approximate surface area is 145 Å². The fourth-order valence-electron chi connectivity index (χ4n) is 2.07. The molecule has 0 saturated carbocycles. The van der Waals surface area contributed by atoms with Crippen molar-refractivity contribution in [2.75, 3.05) is 39.2 Å². The lowest BCUT2D eigenvalue weighted by Crippen LogP contribution is -2.31. The second-order valence-corrected chi connectivity index (χ2v) is 6.48. The van der Waals surface area contributed by atoms with Crippen LogP contribution >= 0.6 is 22.9 Å². The molecular formula is C16H20ClN3O2S. The highest BCUT2D eigenvalue weighted by Gasteiger charge is 2.10. The molecule has 1 amide bonds. The number of rotatable bonds is 8. The van der Waals surface area contributed by atoms with Crippen molar-refractivity contribution in [3.05, 3.63) is 34.7 Å². The Balaban J connectivity index is 1.87. The van der Waals surface area contributed by atoms with E-state index in [0.29, 0.717) is 23.3 Å². The van der Waals surface area contributed by atoms with Gasteiger partial charge in [0.05, 0.1) is 12.2 Å². The maximum absolute atomic E-state index is 12.0. The van der Waals surface area contributed by atoms with E-state index in [1.165, 1.54) is 11.3 Å². The lowest BCUT2D eigenvalue weighted by molar-refractivity contribution is -0.117. The summed E-state index contributed by atoms with van der Waals surface area (Å²) < 4.78 is 5.00. The van der Waals surface area contributed by atoms with Crippen LogP contribution in [0.25, 0.3) is 11.3 Å². The molecule has 0 fully saturated rings. The van der Waals surface area contributed by atoms with Crippen molar-refractivity contribution in [2.45, 2.75) is 6.42 Å². The molecule has 124 valence electrons. The van der Waals surface area contributed by atoms with Gasteiger partial charge < -0.3 is 10.1 Å². The van der Waals surface area contributed by atoms with Crippen LogP contribution in [0.3, 0.4) is 0 Å². The minimum atomic E-state index is -0.0723. The molecule has 0 aliphatic carbocycles. The fourth-order valence-corrected chi connectivity index (χ4v) is 3.00. The standard InChI is InChI=1S/C16H20ClN3O2S/c1-20(7-4-8-22-2)10-15(21)19-16-18-14(11-23-16)12-5-3-6-13(17)9-12/h3,5-6,9,11H,4,7-8,10H2,1-2H3,(H,18,19,21). The Kier molecular flexibility index (Phi) is 6.98. The van der Waals surface area contributed by atoms with E-state index in [1.807, 2.05) is 41.6 Å². The number of hydrogen-bond acceptors (Lipinski definition) is 5. The van der Waals surface area contributed by atoms with Gasteiger partial charge in [-0.3, -0.25) is 9.69 Å². The third-order valence-electron chi connectivity index (χ3n) is 3.17. The number of nitrogens with zero attached hydrogens (tertiary/aromatic N) is 2. The molecule has 1 heterocycles. The molecule has 0 radical (unpaired) electrons. The monoisotopic (exact) mass is 353 g/mol. The lowest BCUT2D eigenvalue weighted by atomic mass is 10.2. The normalized spacial score (nSPS) is 11.0. The Morgan fingerprint density at radius 3 is 3.04 bits per heavy atom. The lowest BCUT2D eigenvalue weighted by Gasteiger charge is -2.15. The highest BCUT2D eigenvalue weighted by Crippen LogP contribution is 2.26. The summed E-state index contributed by atoms with van der Waals surface area (Å²) in [5.41, 5.74) is 1.74. The van der Waals surface area contributed by atoms with Crippen LogP contribution in [-0.2, 0) is 9.53 Å². The summed E-state index contributed by atoms with van der Waals surface area (Å²) in [4.78, 5) is 18.4. The second-order valence-electron chi connectivity index (χ2n) is 5.18. The molecule has 7 heteroatoms. The van der Waals surface area contributed by atoms with E-state index in [1.54, 1.807) is 7.11 Å². The third kappa shape index (κ3) is 5.91. The van der Waals surface area contributed by atoms with Gasteiger partial charge in [-0.1, -0.05) is 23.7 Å². The van der Waals surface area contributed by atoms with Crippen LogP contribution in [0, 0.1) is 0 Å².